The van der Waals surface area contributed by atoms with Gasteiger partial charge in [-0.05, 0) is 42.8 Å². The van der Waals surface area contributed by atoms with Crippen LogP contribution in [0.3, 0.4) is 0 Å². The molecule has 10 heteroatoms. The van der Waals surface area contributed by atoms with E-state index in [2.05, 4.69) is 5.32 Å². The highest BCUT2D eigenvalue weighted by molar-refractivity contribution is 6.09. The van der Waals surface area contributed by atoms with Gasteiger partial charge in [-0.2, -0.15) is 13.2 Å². The van der Waals surface area contributed by atoms with Crippen LogP contribution in [0.1, 0.15) is 16.8 Å². The molecule has 0 radical (unpaired) electrons. The minimum Gasteiger partial charge on any atom is -0.478 e. The van der Waals surface area contributed by atoms with Crippen LogP contribution in [0.5, 0.6) is 0 Å². The zero-order valence-electron chi connectivity index (χ0n) is 13.3. The van der Waals surface area contributed by atoms with Crippen LogP contribution in [0, 0.1) is 0 Å². The van der Waals surface area contributed by atoms with Gasteiger partial charge in [0.1, 0.15) is 0 Å². The van der Waals surface area contributed by atoms with Crippen molar-refractivity contribution in [2.75, 3.05) is 24.5 Å². The number of carboxylic acid groups (broad SMARTS) is 2. The van der Waals surface area contributed by atoms with Gasteiger partial charge in [0, 0.05) is 24.4 Å². The van der Waals surface area contributed by atoms with Crippen molar-refractivity contribution in [2.24, 2.45) is 0 Å². The van der Waals surface area contributed by atoms with Crippen LogP contribution in [-0.2, 0) is 9.59 Å². The minimum atomic E-state index is -5.08. The largest absolute Gasteiger partial charge is 0.490 e. The van der Waals surface area contributed by atoms with Gasteiger partial charge in [0.25, 0.3) is 5.91 Å². The van der Waals surface area contributed by atoms with Crippen molar-refractivity contribution >= 4 is 23.5 Å². The monoisotopic (exact) mass is 372 g/mol. The van der Waals surface area contributed by atoms with Gasteiger partial charge in [-0.15, -0.1) is 0 Å². The molecule has 1 aromatic rings. The molecule has 0 spiro atoms. The number of amides is 1. The first-order valence-corrected chi connectivity index (χ1v) is 7.48. The lowest BCUT2D eigenvalue weighted by Gasteiger charge is -2.16. The molecule has 0 aromatic heterocycles. The Bertz CT molecular complexity index is 756. The number of carbonyl (C=O) groups is 3. The summed E-state index contributed by atoms with van der Waals surface area (Å²) in [4.78, 5) is 33.7. The van der Waals surface area contributed by atoms with Gasteiger partial charge in [0.2, 0.25) is 0 Å². The van der Waals surface area contributed by atoms with Crippen LogP contribution in [0.25, 0.3) is 0 Å². The number of nitrogens with one attached hydrogen (secondary N) is 1. The normalized spacial score (nSPS) is 16.7. The van der Waals surface area contributed by atoms with Gasteiger partial charge in [-0.25, -0.2) is 9.59 Å². The molecule has 0 atom stereocenters. The van der Waals surface area contributed by atoms with E-state index >= 15 is 0 Å². The Morgan fingerprint density at radius 3 is 2.15 bits per heavy atom. The van der Waals surface area contributed by atoms with Gasteiger partial charge in [0.15, 0.2) is 0 Å². The highest BCUT2D eigenvalue weighted by atomic mass is 19.4. The Balaban J connectivity index is 0.000000298. The Morgan fingerprint density at radius 2 is 1.69 bits per heavy atom. The van der Waals surface area contributed by atoms with Gasteiger partial charge in [-0.1, -0.05) is 0 Å². The predicted molar refractivity (Wildman–Crippen MR) is 84.0 cm³/mol. The molecular formula is C16H15F3N2O5. The van der Waals surface area contributed by atoms with Gasteiger partial charge in [0.05, 0.1) is 5.56 Å². The smallest absolute Gasteiger partial charge is 0.478 e. The quantitative estimate of drug-likeness (QED) is 0.729. The van der Waals surface area contributed by atoms with E-state index in [1.807, 2.05) is 0 Å². The Labute approximate surface area is 145 Å². The third-order valence-corrected chi connectivity index (χ3v) is 3.84. The lowest BCUT2D eigenvalue weighted by molar-refractivity contribution is -0.192. The minimum absolute atomic E-state index is 0.0552. The fraction of sp³-hybridized carbons (Fsp3) is 0.312. The predicted octanol–water partition coefficient (Wildman–Crippen LogP) is 1.65. The molecule has 0 unspecified atom stereocenters. The van der Waals surface area contributed by atoms with E-state index in [9.17, 15) is 22.8 Å². The average Bonchev–Trinajstić information content (AvgIpc) is 2.92. The molecule has 140 valence electrons. The first kappa shape index (κ1) is 19.4. The highest BCUT2D eigenvalue weighted by Gasteiger charge is 2.38. The number of hydrogen-bond acceptors (Lipinski definition) is 4. The standard InChI is InChI=1S/C14H14N2O3.C2HF3O2/c17-13-12-5-6-15-7-10(12)8-16(13)11-3-1-9(2-4-11)14(18)19;3-2(4,5)1(6)7/h1-4,15H,5-8H2,(H,18,19);(H,6,7). The third-order valence-electron chi connectivity index (χ3n) is 3.84. The second-order valence-corrected chi connectivity index (χ2v) is 5.56. The van der Waals surface area contributed by atoms with E-state index in [1.165, 1.54) is 12.1 Å². The van der Waals surface area contributed by atoms with Crippen molar-refractivity contribution in [3.8, 4) is 0 Å². The molecule has 1 aromatic carbocycles. The van der Waals surface area contributed by atoms with Gasteiger partial charge >= 0.3 is 18.1 Å². The molecule has 3 rings (SSSR count). The number of aliphatic carboxylic acids is 1. The van der Waals surface area contributed by atoms with Crippen molar-refractivity contribution < 1.29 is 37.8 Å². The second kappa shape index (κ2) is 7.56. The summed E-state index contributed by atoms with van der Waals surface area (Å²) in [6.45, 7) is 2.22. The molecule has 7 nitrogen and oxygen atoms in total. The topological polar surface area (TPSA) is 107 Å². The number of carbonyl (C=O) groups excluding carboxylic acids is 1. The fourth-order valence-corrected chi connectivity index (χ4v) is 2.56. The van der Waals surface area contributed by atoms with E-state index in [-0.39, 0.29) is 11.5 Å². The number of nitrogens with zero attached hydrogens (tertiary/aromatic N) is 1. The number of anilines is 1. The zero-order valence-corrected chi connectivity index (χ0v) is 13.3. The third kappa shape index (κ3) is 4.39. The summed E-state index contributed by atoms with van der Waals surface area (Å²) >= 11 is 0. The van der Waals surface area contributed by atoms with Crippen LogP contribution >= 0.6 is 0 Å². The van der Waals surface area contributed by atoms with E-state index in [0.29, 0.717) is 6.54 Å². The molecule has 1 amide bonds. The van der Waals surface area contributed by atoms with Crippen LogP contribution < -0.4 is 10.2 Å². The molecule has 0 bridgehead atoms. The molecule has 26 heavy (non-hydrogen) atoms. The number of aromatic carboxylic acids is 1. The summed E-state index contributed by atoms with van der Waals surface area (Å²) in [5, 5.41) is 19.2. The summed E-state index contributed by atoms with van der Waals surface area (Å²) < 4.78 is 31.7. The number of hydrogen-bond donors (Lipinski definition) is 3. The maximum absolute atomic E-state index is 12.3. The number of alkyl halides is 3. The Hall–Kier alpha value is -2.88. The first-order valence-electron chi connectivity index (χ1n) is 7.48. The van der Waals surface area contributed by atoms with E-state index in [0.717, 1.165) is 36.3 Å². The number of carboxylic acids is 2. The maximum Gasteiger partial charge on any atom is 0.490 e. The van der Waals surface area contributed by atoms with Crippen molar-refractivity contribution in [1.82, 2.24) is 5.32 Å². The Morgan fingerprint density at radius 1 is 1.12 bits per heavy atom. The average molecular weight is 372 g/mol. The van der Waals surface area contributed by atoms with Crippen molar-refractivity contribution in [3.05, 3.63) is 41.0 Å². The molecule has 0 fully saturated rings. The summed E-state index contributed by atoms with van der Waals surface area (Å²) in [6, 6.07) is 6.43. The van der Waals surface area contributed by atoms with Crippen LogP contribution in [-0.4, -0.2) is 53.9 Å². The zero-order chi connectivity index (χ0) is 19.5. The molecule has 2 heterocycles. The van der Waals surface area contributed by atoms with E-state index in [1.54, 1.807) is 17.0 Å². The molecule has 0 saturated heterocycles. The van der Waals surface area contributed by atoms with Crippen molar-refractivity contribution in [2.45, 2.75) is 12.6 Å². The van der Waals surface area contributed by atoms with Gasteiger partial charge in [-0.3, -0.25) is 4.79 Å². The number of halogens is 3. The summed E-state index contributed by atoms with van der Waals surface area (Å²) in [7, 11) is 0. The van der Waals surface area contributed by atoms with Crippen molar-refractivity contribution in [3.63, 3.8) is 0 Å². The number of benzene rings is 1. The van der Waals surface area contributed by atoms with Gasteiger partial charge < -0.3 is 20.4 Å². The lowest BCUT2D eigenvalue weighted by atomic mass is 10.0. The highest BCUT2D eigenvalue weighted by Crippen LogP contribution is 2.28. The van der Waals surface area contributed by atoms with E-state index < -0.39 is 18.1 Å². The molecule has 2 aliphatic heterocycles. The summed E-state index contributed by atoms with van der Waals surface area (Å²) in [5.74, 6) is -3.66. The van der Waals surface area contributed by atoms with Crippen LogP contribution in [0.2, 0.25) is 0 Å². The molecular weight excluding hydrogens is 357 g/mol. The molecule has 3 N–H and O–H groups in total. The summed E-state index contributed by atoms with van der Waals surface area (Å²) in [6.07, 6.45) is -4.31. The molecule has 0 aliphatic carbocycles. The molecule has 2 aliphatic rings. The second-order valence-electron chi connectivity index (χ2n) is 5.56. The number of rotatable bonds is 2. The SMILES string of the molecule is O=C(O)C(F)(F)F.O=C(O)c1ccc(N2CC3=C(CCNC3)C2=O)cc1. The van der Waals surface area contributed by atoms with Crippen molar-refractivity contribution in [1.29, 1.82) is 0 Å². The summed E-state index contributed by atoms with van der Waals surface area (Å²) in [5.41, 5.74) is 3.05. The van der Waals surface area contributed by atoms with Crippen LogP contribution in [0.4, 0.5) is 18.9 Å². The van der Waals surface area contributed by atoms with Crippen LogP contribution in [0.15, 0.2) is 35.4 Å². The maximum atomic E-state index is 12.3. The fourth-order valence-electron chi connectivity index (χ4n) is 2.56. The molecule has 0 saturated carbocycles. The van der Waals surface area contributed by atoms with E-state index in [4.69, 9.17) is 15.0 Å². The lowest BCUT2D eigenvalue weighted by Crippen LogP contribution is -2.26. The first-order chi connectivity index (χ1) is 12.1. The Kier molecular flexibility index (Phi) is 5.66.